The minimum Gasteiger partial charge on any atom is -0.368 e. The number of likely N-dealkylation sites (tertiary alicyclic amines) is 1. The Balaban J connectivity index is 2.93. The number of methoxy groups -OCH3 is 1. The Morgan fingerprint density at radius 3 is 2.50 bits per heavy atom. The van der Waals surface area contributed by atoms with Gasteiger partial charge in [-0.05, 0) is 6.42 Å². The predicted molar refractivity (Wildman–Crippen MR) is 46.8 cm³/mol. The summed E-state index contributed by atoms with van der Waals surface area (Å²) in [5.74, 6) is 0.421. The van der Waals surface area contributed by atoms with E-state index in [9.17, 15) is 4.79 Å². The standard InChI is InChI=1S/C9H17NO2/c1-5-9(12-4)7(2)6-10(3)8(9)11/h7H,5-6H2,1-4H3. The highest BCUT2D eigenvalue weighted by Crippen LogP contribution is 2.33. The average Bonchev–Trinajstić information content (AvgIpc) is 2.26. The molecule has 0 aromatic rings. The fraction of sp³-hybridized carbons (Fsp3) is 0.889. The molecule has 70 valence electrons. The first-order valence-electron chi connectivity index (χ1n) is 4.39. The Bertz CT molecular complexity index is 187. The minimum absolute atomic E-state index is 0.125. The van der Waals surface area contributed by atoms with Crippen LogP contribution < -0.4 is 0 Å². The van der Waals surface area contributed by atoms with Gasteiger partial charge in [-0.3, -0.25) is 4.79 Å². The molecule has 1 saturated heterocycles. The molecule has 1 amide bonds. The Morgan fingerprint density at radius 2 is 2.33 bits per heavy atom. The number of amides is 1. The fourth-order valence-electron chi connectivity index (χ4n) is 2.11. The van der Waals surface area contributed by atoms with Gasteiger partial charge in [0.15, 0.2) is 0 Å². The maximum atomic E-state index is 11.7. The Morgan fingerprint density at radius 1 is 1.75 bits per heavy atom. The summed E-state index contributed by atoms with van der Waals surface area (Å²) in [4.78, 5) is 13.4. The molecule has 1 aliphatic heterocycles. The molecular formula is C9H17NO2. The lowest BCUT2D eigenvalue weighted by Gasteiger charge is -2.27. The normalized spacial score (nSPS) is 36.2. The smallest absolute Gasteiger partial charge is 0.254 e. The topological polar surface area (TPSA) is 29.5 Å². The summed E-state index contributed by atoms with van der Waals surface area (Å²) in [6, 6.07) is 0. The quantitative estimate of drug-likeness (QED) is 0.617. The number of hydrogen-bond acceptors (Lipinski definition) is 2. The van der Waals surface area contributed by atoms with Crippen LogP contribution in [0.2, 0.25) is 0 Å². The molecule has 1 rings (SSSR count). The average molecular weight is 171 g/mol. The molecule has 0 saturated carbocycles. The van der Waals surface area contributed by atoms with E-state index in [0.29, 0.717) is 5.92 Å². The highest BCUT2D eigenvalue weighted by molar-refractivity contribution is 5.87. The molecule has 0 aliphatic carbocycles. The van der Waals surface area contributed by atoms with Gasteiger partial charge in [-0.15, -0.1) is 0 Å². The summed E-state index contributed by atoms with van der Waals surface area (Å²) < 4.78 is 5.35. The number of likely N-dealkylation sites (N-methyl/N-ethyl adjacent to an activating group) is 1. The lowest BCUT2D eigenvalue weighted by molar-refractivity contribution is -0.148. The van der Waals surface area contributed by atoms with Gasteiger partial charge in [-0.25, -0.2) is 0 Å². The van der Waals surface area contributed by atoms with Crippen molar-refractivity contribution in [2.75, 3.05) is 20.7 Å². The molecule has 3 nitrogen and oxygen atoms in total. The van der Waals surface area contributed by atoms with Gasteiger partial charge in [0.2, 0.25) is 0 Å². The molecule has 0 aromatic carbocycles. The van der Waals surface area contributed by atoms with E-state index < -0.39 is 5.60 Å². The third kappa shape index (κ3) is 1.04. The Hall–Kier alpha value is -0.570. The van der Waals surface area contributed by atoms with Crippen LogP contribution in [-0.4, -0.2) is 37.1 Å². The summed E-state index contributed by atoms with van der Waals surface area (Å²) in [6.07, 6.45) is 0.758. The van der Waals surface area contributed by atoms with E-state index in [1.165, 1.54) is 0 Å². The zero-order valence-corrected chi connectivity index (χ0v) is 8.26. The molecule has 1 heterocycles. The monoisotopic (exact) mass is 171 g/mol. The van der Waals surface area contributed by atoms with Crippen molar-refractivity contribution >= 4 is 5.91 Å². The van der Waals surface area contributed by atoms with Gasteiger partial charge in [0, 0.05) is 26.6 Å². The first-order chi connectivity index (χ1) is 5.58. The fourth-order valence-corrected chi connectivity index (χ4v) is 2.11. The van der Waals surface area contributed by atoms with Crippen LogP contribution in [0.25, 0.3) is 0 Å². The van der Waals surface area contributed by atoms with Crippen molar-refractivity contribution in [3.05, 3.63) is 0 Å². The largest absolute Gasteiger partial charge is 0.368 e. The van der Waals surface area contributed by atoms with Crippen LogP contribution in [0.1, 0.15) is 20.3 Å². The van der Waals surface area contributed by atoms with Crippen LogP contribution >= 0.6 is 0 Å². The minimum atomic E-state index is -0.547. The number of nitrogens with zero attached hydrogens (tertiary/aromatic N) is 1. The third-order valence-corrected chi connectivity index (χ3v) is 2.94. The summed E-state index contributed by atoms with van der Waals surface area (Å²) in [6.45, 7) is 4.87. The molecule has 0 spiro atoms. The SMILES string of the molecule is CCC1(OC)C(=O)N(C)CC1C. The third-order valence-electron chi connectivity index (χ3n) is 2.94. The second-order valence-corrected chi connectivity index (χ2v) is 3.53. The number of carbonyl (C=O) groups excluding carboxylic acids is 1. The maximum absolute atomic E-state index is 11.7. The van der Waals surface area contributed by atoms with E-state index in [1.807, 2.05) is 14.0 Å². The molecule has 0 radical (unpaired) electrons. The molecule has 3 heteroatoms. The Kier molecular flexibility index (Phi) is 2.42. The summed E-state index contributed by atoms with van der Waals surface area (Å²) in [7, 11) is 3.45. The zero-order chi connectivity index (χ0) is 9.35. The van der Waals surface area contributed by atoms with Crippen molar-refractivity contribution < 1.29 is 9.53 Å². The second-order valence-electron chi connectivity index (χ2n) is 3.53. The lowest BCUT2D eigenvalue weighted by Crippen LogP contribution is -2.43. The lowest BCUT2D eigenvalue weighted by atomic mass is 9.89. The van der Waals surface area contributed by atoms with E-state index >= 15 is 0 Å². The molecule has 2 unspecified atom stereocenters. The Labute approximate surface area is 73.7 Å². The van der Waals surface area contributed by atoms with Crippen LogP contribution in [-0.2, 0) is 9.53 Å². The number of hydrogen-bond donors (Lipinski definition) is 0. The maximum Gasteiger partial charge on any atom is 0.254 e. The van der Waals surface area contributed by atoms with Crippen molar-refractivity contribution in [3.8, 4) is 0 Å². The molecule has 0 N–H and O–H groups in total. The number of rotatable bonds is 2. The van der Waals surface area contributed by atoms with Gasteiger partial charge in [-0.2, -0.15) is 0 Å². The van der Waals surface area contributed by atoms with Crippen LogP contribution in [0, 0.1) is 5.92 Å². The molecule has 0 bridgehead atoms. The van der Waals surface area contributed by atoms with Crippen molar-refractivity contribution in [2.45, 2.75) is 25.9 Å². The van der Waals surface area contributed by atoms with E-state index in [-0.39, 0.29) is 5.91 Å². The van der Waals surface area contributed by atoms with Crippen molar-refractivity contribution in [1.29, 1.82) is 0 Å². The van der Waals surface area contributed by atoms with Gasteiger partial charge in [-0.1, -0.05) is 13.8 Å². The van der Waals surface area contributed by atoms with Gasteiger partial charge in [0.1, 0.15) is 5.60 Å². The van der Waals surface area contributed by atoms with Crippen molar-refractivity contribution in [2.24, 2.45) is 5.92 Å². The van der Waals surface area contributed by atoms with Crippen molar-refractivity contribution in [3.63, 3.8) is 0 Å². The molecule has 1 aliphatic rings. The first kappa shape index (κ1) is 9.52. The highest BCUT2D eigenvalue weighted by atomic mass is 16.5. The summed E-state index contributed by atoms with van der Waals surface area (Å²) in [5.41, 5.74) is -0.547. The van der Waals surface area contributed by atoms with Crippen LogP contribution in [0.15, 0.2) is 0 Å². The van der Waals surface area contributed by atoms with E-state index in [2.05, 4.69) is 6.92 Å². The molecule has 12 heavy (non-hydrogen) atoms. The van der Waals surface area contributed by atoms with Gasteiger partial charge in [0.25, 0.3) is 5.91 Å². The van der Waals surface area contributed by atoms with Crippen molar-refractivity contribution in [1.82, 2.24) is 4.90 Å². The van der Waals surface area contributed by atoms with Gasteiger partial charge in [0.05, 0.1) is 0 Å². The number of carbonyl (C=O) groups is 1. The van der Waals surface area contributed by atoms with Gasteiger partial charge < -0.3 is 9.64 Å². The predicted octanol–water partition coefficient (Wildman–Crippen LogP) is 0.890. The van der Waals surface area contributed by atoms with Crippen LogP contribution in [0.5, 0.6) is 0 Å². The van der Waals surface area contributed by atoms with Gasteiger partial charge >= 0.3 is 0 Å². The molecule has 2 atom stereocenters. The number of ether oxygens (including phenoxy) is 1. The van der Waals surface area contributed by atoms with Crippen LogP contribution in [0.3, 0.4) is 0 Å². The van der Waals surface area contributed by atoms with E-state index in [0.717, 1.165) is 13.0 Å². The first-order valence-corrected chi connectivity index (χ1v) is 4.39. The van der Waals surface area contributed by atoms with Crippen LogP contribution in [0.4, 0.5) is 0 Å². The second kappa shape index (κ2) is 3.05. The molecular weight excluding hydrogens is 154 g/mol. The summed E-state index contributed by atoms with van der Waals surface area (Å²) >= 11 is 0. The molecule has 0 aromatic heterocycles. The highest BCUT2D eigenvalue weighted by Gasteiger charge is 2.49. The van der Waals surface area contributed by atoms with E-state index in [4.69, 9.17) is 4.74 Å². The zero-order valence-electron chi connectivity index (χ0n) is 8.26. The molecule has 1 fully saturated rings. The summed E-state index contributed by atoms with van der Waals surface area (Å²) in [5, 5.41) is 0. The van der Waals surface area contributed by atoms with E-state index in [1.54, 1.807) is 12.0 Å².